The zero-order valence-corrected chi connectivity index (χ0v) is 37.0. The molecular formula is C54H52N2O4S2. The minimum absolute atomic E-state index is 0.312. The number of rotatable bonds is 21. The SMILES string of the molecule is CCCCCCOc1ccc(-c2ccc(-c3ccc(N(c4ccc(/C=C(/C#N)C(=O)O)cc4)c4ccc(-c5ccc(-c6ccc(OCCCCCC)cc6)s5)cc4)cc3)s2)cc1. The van der Waals surface area contributed by atoms with Gasteiger partial charge in [0.25, 0.3) is 0 Å². The number of ether oxygens (including phenoxy) is 2. The van der Waals surface area contributed by atoms with Gasteiger partial charge < -0.3 is 19.5 Å². The molecule has 7 rings (SSSR count). The predicted molar refractivity (Wildman–Crippen MR) is 259 cm³/mol. The Balaban J connectivity index is 1.09. The van der Waals surface area contributed by atoms with Gasteiger partial charge in [-0.3, -0.25) is 0 Å². The Labute approximate surface area is 374 Å². The molecule has 8 heteroatoms. The summed E-state index contributed by atoms with van der Waals surface area (Å²) in [5.41, 5.74) is 7.76. The van der Waals surface area contributed by atoms with Gasteiger partial charge in [0.05, 0.1) is 13.2 Å². The maximum absolute atomic E-state index is 11.5. The van der Waals surface area contributed by atoms with Crippen molar-refractivity contribution in [2.24, 2.45) is 0 Å². The third kappa shape index (κ3) is 11.5. The predicted octanol–water partition coefficient (Wildman–Crippen LogP) is 15.9. The van der Waals surface area contributed by atoms with E-state index in [4.69, 9.17) is 9.47 Å². The number of unbranched alkanes of at least 4 members (excludes halogenated alkanes) is 6. The Morgan fingerprint density at radius 3 is 1.23 bits per heavy atom. The first kappa shape index (κ1) is 43.7. The zero-order chi connectivity index (χ0) is 43.1. The quantitative estimate of drug-likeness (QED) is 0.0440. The fraction of sp³-hybridized carbons (Fsp3) is 0.222. The number of carboxylic acid groups (broad SMARTS) is 1. The first-order valence-corrected chi connectivity index (χ1v) is 23.2. The lowest BCUT2D eigenvalue weighted by Crippen LogP contribution is -2.09. The van der Waals surface area contributed by atoms with Crippen LogP contribution in [0.4, 0.5) is 17.1 Å². The minimum Gasteiger partial charge on any atom is -0.494 e. The monoisotopic (exact) mass is 856 g/mol. The molecule has 0 radical (unpaired) electrons. The van der Waals surface area contributed by atoms with E-state index in [9.17, 15) is 15.2 Å². The summed E-state index contributed by atoms with van der Waals surface area (Å²) < 4.78 is 11.9. The van der Waals surface area contributed by atoms with Gasteiger partial charge >= 0.3 is 5.97 Å². The molecule has 7 aromatic rings. The van der Waals surface area contributed by atoms with E-state index in [1.54, 1.807) is 28.7 Å². The van der Waals surface area contributed by atoms with Gasteiger partial charge in [-0.05, 0) is 156 Å². The molecule has 62 heavy (non-hydrogen) atoms. The van der Waals surface area contributed by atoms with Gasteiger partial charge in [0.2, 0.25) is 0 Å². The number of nitrogens with zero attached hydrogens (tertiary/aromatic N) is 2. The number of nitriles is 1. The Hall–Kier alpha value is -6.40. The number of carboxylic acids is 1. The summed E-state index contributed by atoms with van der Waals surface area (Å²) in [4.78, 5) is 18.5. The highest BCUT2D eigenvalue weighted by Gasteiger charge is 2.15. The van der Waals surface area contributed by atoms with E-state index >= 15 is 0 Å². The number of thiophene rings is 2. The van der Waals surface area contributed by atoms with Gasteiger partial charge in [0.15, 0.2) is 0 Å². The first-order valence-electron chi connectivity index (χ1n) is 21.5. The van der Waals surface area contributed by atoms with Crippen molar-refractivity contribution in [3.05, 3.63) is 157 Å². The second-order valence-electron chi connectivity index (χ2n) is 15.2. The smallest absolute Gasteiger partial charge is 0.346 e. The lowest BCUT2D eigenvalue weighted by Gasteiger charge is -2.26. The van der Waals surface area contributed by atoms with Crippen LogP contribution in [0.5, 0.6) is 11.5 Å². The molecule has 0 aliphatic carbocycles. The van der Waals surface area contributed by atoms with Crippen LogP contribution in [0.25, 0.3) is 47.8 Å². The Morgan fingerprint density at radius 1 is 0.532 bits per heavy atom. The number of hydrogen-bond acceptors (Lipinski definition) is 7. The van der Waals surface area contributed by atoms with Crippen LogP contribution in [0, 0.1) is 11.3 Å². The summed E-state index contributed by atoms with van der Waals surface area (Å²) in [6, 6.07) is 52.0. The van der Waals surface area contributed by atoms with E-state index in [0.717, 1.165) is 65.7 Å². The van der Waals surface area contributed by atoms with Crippen molar-refractivity contribution in [3.8, 4) is 59.3 Å². The first-order chi connectivity index (χ1) is 30.4. The highest BCUT2D eigenvalue weighted by atomic mass is 32.1. The summed E-state index contributed by atoms with van der Waals surface area (Å²) in [7, 11) is 0. The lowest BCUT2D eigenvalue weighted by atomic mass is 10.1. The van der Waals surface area contributed by atoms with Crippen LogP contribution in [0.15, 0.2) is 151 Å². The second kappa shape index (κ2) is 21.9. The summed E-state index contributed by atoms with van der Waals surface area (Å²) in [5, 5.41) is 18.7. The van der Waals surface area contributed by atoms with Crippen molar-refractivity contribution in [1.29, 1.82) is 5.26 Å². The summed E-state index contributed by atoms with van der Waals surface area (Å²) in [5.74, 6) is 0.569. The molecule has 0 spiro atoms. The van der Waals surface area contributed by atoms with Crippen molar-refractivity contribution in [1.82, 2.24) is 0 Å². The van der Waals surface area contributed by atoms with E-state index in [1.165, 1.54) is 75.2 Å². The van der Waals surface area contributed by atoms with E-state index < -0.39 is 5.97 Å². The Bertz CT molecular complexity index is 2430. The number of benzene rings is 5. The maximum atomic E-state index is 11.5. The van der Waals surface area contributed by atoms with Crippen LogP contribution in [-0.4, -0.2) is 24.3 Å². The van der Waals surface area contributed by atoms with Gasteiger partial charge in [0, 0.05) is 36.6 Å². The number of hydrogen-bond donors (Lipinski definition) is 1. The highest BCUT2D eigenvalue weighted by Crippen LogP contribution is 2.41. The molecule has 2 aromatic heterocycles. The van der Waals surface area contributed by atoms with Gasteiger partial charge in [0.1, 0.15) is 23.1 Å². The van der Waals surface area contributed by atoms with E-state index in [2.05, 4.69) is 140 Å². The molecule has 0 amide bonds. The van der Waals surface area contributed by atoms with Gasteiger partial charge in [-0.1, -0.05) is 88.8 Å². The van der Waals surface area contributed by atoms with Crippen LogP contribution in [0.2, 0.25) is 0 Å². The number of anilines is 3. The highest BCUT2D eigenvalue weighted by molar-refractivity contribution is 7.19. The molecule has 1 N–H and O–H groups in total. The molecule has 314 valence electrons. The van der Waals surface area contributed by atoms with Crippen LogP contribution in [0.3, 0.4) is 0 Å². The van der Waals surface area contributed by atoms with Crippen molar-refractivity contribution in [2.75, 3.05) is 18.1 Å². The third-order valence-electron chi connectivity index (χ3n) is 10.7. The molecule has 0 bridgehead atoms. The zero-order valence-electron chi connectivity index (χ0n) is 35.4. The average Bonchev–Trinajstić information content (AvgIpc) is 4.01. The largest absolute Gasteiger partial charge is 0.494 e. The molecule has 0 fully saturated rings. The van der Waals surface area contributed by atoms with E-state index in [1.807, 2.05) is 24.3 Å². The molecule has 0 aliphatic heterocycles. The number of carbonyl (C=O) groups is 1. The van der Waals surface area contributed by atoms with Gasteiger partial charge in [-0.25, -0.2) is 4.79 Å². The second-order valence-corrected chi connectivity index (χ2v) is 17.4. The molecule has 6 nitrogen and oxygen atoms in total. The maximum Gasteiger partial charge on any atom is 0.346 e. The van der Waals surface area contributed by atoms with Crippen LogP contribution in [0.1, 0.15) is 70.8 Å². The lowest BCUT2D eigenvalue weighted by molar-refractivity contribution is -0.132. The molecule has 0 saturated heterocycles. The summed E-state index contributed by atoms with van der Waals surface area (Å²) in [6.45, 7) is 5.94. The van der Waals surface area contributed by atoms with Crippen molar-refractivity contribution >= 4 is 51.8 Å². The summed E-state index contributed by atoms with van der Waals surface area (Å²) in [6.07, 6.45) is 10.9. The van der Waals surface area contributed by atoms with Crippen molar-refractivity contribution in [3.63, 3.8) is 0 Å². The van der Waals surface area contributed by atoms with Gasteiger partial charge in [-0.2, -0.15) is 5.26 Å². The van der Waals surface area contributed by atoms with Crippen molar-refractivity contribution < 1.29 is 19.4 Å². The van der Waals surface area contributed by atoms with Gasteiger partial charge in [-0.15, -0.1) is 22.7 Å². The Morgan fingerprint density at radius 2 is 0.887 bits per heavy atom. The molecular weight excluding hydrogens is 805 g/mol. The normalized spacial score (nSPS) is 11.3. The fourth-order valence-corrected chi connectivity index (χ4v) is 9.22. The standard InChI is InChI=1S/C54H52N2O4S2/c1-3-5-7-9-35-59-48-27-17-42(18-28-48)52-33-31-50(61-52)40-13-23-46(24-14-40)56(45-21-11-39(12-22-45)37-44(38-55)54(57)58)47-25-15-41(16-26-47)51-32-34-53(62-51)43-19-29-49(30-20-43)60-36-10-8-6-4-2/h11-34,37H,3-10,35-36H2,1-2H3,(H,57,58)/b44-37-. The molecule has 5 aromatic carbocycles. The Kier molecular flexibility index (Phi) is 15.4. The van der Waals surface area contributed by atoms with Crippen LogP contribution < -0.4 is 14.4 Å². The average molecular weight is 857 g/mol. The van der Waals surface area contributed by atoms with E-state index in [-0.39, 0.29) is 5.57 Å². The third-order valence-corrected chi connectivity index (χ3v) is 13.0. The van der Waals surface area contributed by atoms with E-state index in [0.29, 0.717) is 5.56 Å². The molecule has 0 saturated carbocycles. The molecule has 0 unspecified atom stereocenters. The molecule has 0 aliphatic rings. The molecule has 2 heterocycles. The number of aliphatic carboxylic acids is 1. The van der Waals surface area contributed by atoms with Crippen molar-refractivity contribution in [2.45, 2.75) is 65.2 Å². The summed E-state index contributed by atoms with van der Waals surface area (Å²) >= 11 is 3.53. The van der Waals surface area contributed by atoms with Crippen LogP contribution >= 0.6 is 22.7 Å². The van der Waals surface area contributed by atoms with Crippen LogP contribution in [-0.2, 0) is 4.79 Å². The fourth-order valence-electron chi connectivity index (χ4n) is 7.19. The minimum atomic E-state index is -1.25. The topological polar surface area (TPSA) is 82.8 Å². The molecule has 0 atom stereocenters.